The molecule has 134 valence electrons. The van der Waals surface area contributed by atoms with Gasteiger partial charge in [-0.05, 0) is 47.4 Å². The molecule has 4 rings (SSSR count). The first kappa shape index (κ1) is 17.5. The number of nitrogens with two attached hydrogens (primary N) is 2. The van der Waals surface area contributed by atoms with Gasteiger partial charge in [-0.2, -0.15) is 0 Å². The zero-order valence-corrected chi connectivity index (χ0v) is 14.8. The van der Waals surface area contributed by atoms with Crippen molar-refractivity contribution in [2.24, 2.45) is 0 Å². The van der Waals surface area contributed by atoms with Gasteiger partial charge in [-0.25, -0.2) is 0 Å². The predicted octanol–water partition coefficient (Wildman–Crippen LogP) is 5.37. The largest absolute Gasteiger partial charge is 0.504 e. The van der Waals surface area contributed by atoms with Crippen LogP contribution in [0.2, 0.25) is 0 Å². The minimum absolute atomic E-state index is 0.203. The molecule has 0 aliphatic rings. The van der Waals surface area contributed by atoms with Crippen LogP contribution in [-0.2, 0) is 0 Å². The van der Waals surface area contributed by atoms with Crippen LogP contribution in [0.3, 0.4) is 0 Å². The topological polar surface area (TPSA) is 98.5 Å². The molecule has 0 amide bonds. The molecule has 1 heterocycles. The van der Waals surface area contributed by atoms with Gasteiger partial charge in [0, 0.05) is 16.9 Å². The smallest absolute Gasteiger partial charge is 0.267 e. The molecule has 0 saturated carbocycles. The Bertz CT molecular complexity index is 937. The van der Waals surface area contributed by atoms with Crippen LogP contribution in [0.5, 0.6) is 5.75 Å². The molecule has 5 nitrogen and oxygen atoms in total. The van der Waals surface area contributed by atoms with Crippen molar-refractivity contribution in [3.05, 3.63) is 66.2 Å². The number of hydrogen-bond acceptors (Lipinski definition) is 5. The van der Waals surface area contributed by atoms with Crippen LogP contribution in [0.1, 0.15) is 25.3 Å². The van der Waals surface area contributed by atoms with E-state index in [2.05, 4.69) is 9.15 Å². The number of anilines is 2. The van der Waals surface area contributed by atoms with Crippen molar-refractivity contribution < 1.29 is 14.3 Å². The van der Waals surface area contributed by atoms with Gasteiger partial charge >= 0.3 is 0 Å². The lowest BCUT2D eigenvalue weighted by atomic mass is 10.0. The van der Waals surface area contributed by atoms with E-state index in [4.69, 9.17) is 11.5 Å². The Morgan fingerprint density at radius 1 is 0.731 bits per heavy atom. The molecule has 0 atom stereocenters. The normalized spacial score (nSPS) is 10.7. The third-order valence-corrected chi connectivity index (χ3v) is 4.12. The molecule has 3 aromatic carbocycles. The number of nitrogen functional groups attached to an aromatic ring is 2. The standard InChI is InChI=1S/C12H12N2.C9H10O3/c13-11-5-1-9(2-6-11)10-3-7-12(14)8-4-10;1-5(2)6-3-4-7-9(8(6)10)12-11-7/h1-8H,13-14H2;3-5,10H,1-2H3. The fourth-order valence-corrected chi connectivity index (χ4v) is 2.58. The summed E-state index contributed by atoms with van der Waals surface area (Å²) in [5.41, 5.74) is 17.0. The minimum atomic E-state index is 0.203. The highest BCUT2D eigenvalue weighted by molar-refractivity contribution is 5.79. The van der Waals surface area contributed by atoms with Crippen molar-refractivity contribution in [2.75, 3.05) is 11.5 Å². The first-order valence-electron chi connectivity index (χ1n) is 8.37. The van der Waals surface area contributed by atoms with Crippen molar-refractivity contribution in [2.45, 2.75) is 19.8 Å². The number of hydrogen-bond donors (Lipinski definition) is 3. The minimum Gasteiger partial charge on any atom is -0.504 e. The SMILES string of the molecule is CC(C)c1ccc2ooc2c1O.Nc1ccc(-c2ccc(N)cc2)cc1. The maximum atomic E-state index is 9.60. The van der Waals surface area contributed by atoms with Crippen LogP contribution in [0.4, 0.5) is 11.4 Å². The van der Waals surface area contributed by atoms with E-state index in [1.54, 1.807) is 6.07 Å². The van der Waals surface area contributed by atoms with Gasteiger partial charge in [0.15, 0.2) is 5.75 Å². The van der Waals surface area contributed by atoms with E-state index in [-0.39, 0.29) is 5.75 Å². The van der Waals surface area contributed by atoms with E-state index in [1.165, 1.54) is 0 Å². The lowest BCUT2D eigenvalue weighted by molar-refractivity contribution is 0.0564. The predicted molar refractivity (Wildman–Crippen MR) is 105 cm³/mol. The summed E-state index contributed by atoms with van der Waals surface area (Å²) in [4.78, 5) is 0. The Balaban J connectivity index is 0.000000152. The quantitative estimate of drug-likeness (QED) is 0.333. The van der Waals surface area contributed by atoms with Crippen LogP contribution in [0, 0.1) is 0 Å². The molecule has 0 aliphatic carbocycles. The second kappa shape index (κ2) is 7.27. The Kier molecular flexibility index (Phi) is 4.89. The van der Waals surface area contributed by atoms with Gasteiger partial charge in [-0.3, -0.25) is 9.15 Å². The molecular weight excluding hydrogens is 328 g/mol. The number of aromatic hydroxyl groups is 1. The van der Waals surface area contributed by atoms with E-state index in [9.17, 15) is 5.11 Å². The second-order valence-corrected chi connectivity index (χ2v) is 6.40. The Labute approximate surface area is 151 Å². The molecule has 4 aromatic rings. The summed E-state index contributed by atoms with van der Waals surface area (Å²) in [6, 6.07) is 19.2. The fraction of sp³-hybridized carbons (Fsp3) is 0.143. The maximum absolute atomic E-state index is 9.60. The van der Waals surface area contributed by atoms with E-state index in [0.29, 0.717) is 17.1 Å². The fourth-order valence-electron chi connectivity index (χ4n) is 2.58. The summed E-state index contributed by atoms with van der Waals surface area (Å²) in [6.07, 6.45) is 0. The van der Waals surface area contributed by atoms with Gasteiger partial charge in [0.25, 0.3) is 5.58 Å². The van der Waals surface area contributed by atoms with Crippen LogP contribution < -0.4 is 11.5 Å². The highest BCUT2D eigenvalue weighted by Crippen LogP contribution is 2.35. The molecule has 0 radical (unpaired) electrons. The highest BCUT2D eigenvalue weighted by atomic mass is 17.0. The monoisotopic (exact) mass is 350 g/mol. The van der Waals surface area contributed by atoms with Crippen molar-refractivity contribution in [1.82, 2.24) is 0 Å². The lowest BCUT2D eigenvalue weighted by Crippen LogP contribution is -1.89. The summed E-state index contributed by atoms with van der Waals surface area (Å²) < 4.78 is 9.28. The third-order valence-electron chi connectivity index (χ3n) is 4.12. The molecule has 5 N–H and O–H groups in total. The van der Waals surface area contributed by atoms with Crippen LogP contribution in [0.25, 0.3) is 22.3 Å². The number of rotatable bonds is 2. The molecular formula is C21H22N2O3. The first-order chi connectivity index (χ1) is 12.5. The van der Waals surface area contributed by atoms with Crippen molar-refractivity contribution in [3.8, 4) is 16.9 Å². The highest BCUT2D eigenvalue weighted by Gasteiger charge is 2.15. The lowest BCUT2D eigenvalue weighted by Gasteiger charge is -2.09. The van der Waals surface area contributed by atoms with Crippen LogP contribution in [-0.4, -0.2) is 5.11 Å². The molecule has 0 saturated heterocycles. The molecule has 0 spiro atoms. The summed E-state index contributed by atoms with van der Waals surface area (Å²) >= 11 is 0. The molecule has 26 heavy (non-hydrogen) atoms. The number of benzene rings is 3. The zero-order chi connectivity index (χ0) is 18.7. The average molecular weight is 350 g/mol. The van der Waals surface area contributed by atoms with Gasteiger partial charge < -0.3 is 16.6 Å². The van der Waals surface area contributed by atoms with E-state index in [1.807, 2.05) is 68.4 Å². The van der Waals surface area contributed by atoms with Gasteiger partial charge in [-0.1, -0.05) is 44.2 Å². The molecule has 5 heteroatoms. The summed E-state index contributed by atoms with van der Waals surface area (Å²) in [7, 11) is 0. The van der Waals surface area contributed by atoms with Gasteiger partial charge in [0.1, 0.15) is 0 Å². The third kappa shape index (κ3) is 3.67. The van der Waals surface area contributed by atoms with Gasteiger partial charge in [0.05, 0.1) is 0 Å². The summed E-state index contributed by atoms with van der Waals surface area (Å²) in [5.74, 6) is 0.494. The van der Waals surface area contributed by atoms with Crippen molar-refractivity contribution >= 4 is 22.5 Å². The number of fused-ring (bicyclic) bond motifs is 1. The van der Waals surface area contributed by atoms with Gasteiger partial charge in [-0.15, -0.1) is 0 Å². The maximum Gasteiger partial charge on any atom is 0.267 e. The Morgan fingerprint density at radius 2 is 1.23 bits per heavy atom. The van der Waals surface area contributed by atoms with Crippen LogP contribution >= 0.6 is 0 Å². The molecule has 0 unspecified atom stereocenters. The summed E-state index contributed by atoms with van der Waals surface area (Å²) in [5, 5.41) is 9.60. The zero-order valence-electron chi connectivity index (χ0n) is 14.8. The Morgan fingerprint density at radius 3 is 1.62 bits per heavy atom. The molecule has 0 fully saturated rings. The van der Waals surface area contributed by atoms with E-state index in [0.717, 1.165) is 28.1 Å². The first-order valence-corrected chi connectivity index (χ1v) is 8.37. The number of phenolic OH excluding ortho intramolecular Hbond substituents is 1. The second-order valence-electron chi connectivity index (χ2n) is 6.40. The van der Waals surface area contributed by atoms with Crippen molar-refractivity contribution in [1.29, 1.82) is 0 Å². The molecule has 1 aromatic heterocycles. The van der Waals surface area contributed by atoms with E-state index >= 15 is 0 Å². The summed E-state index contributed by atoms with van der Waals surface area (Å²) in [6.45, 7) is 4.03. The van der Waals surface area contributed by atoms with Crippen molar-refractivity contribution in [3.63, 3.8) is 0 Å². The van der Waals surface area contributed by atoms with E-state index < -0.39 is 0 Å². The molecule has 0 bridgehead atoms. The van der Waals surface area contributed by atoms with Crippen LogP contribution in [0.15, 0.2) is 69.8 Å². The van der Waals surface area contributed by atoms with Gasteiger partial charge in [0.2, 0.25) is 5.58 Å². The Hall–Kier alpha value is -3.34. The number of phenols is 1. The molecule has 0 aliphatic heterocycles. The average Bonchev–Trinajstić information content (AvgIpc) is 2.58.